The second kappa shape index (κ2) is 15.8. The van der Waals surface area contributed by atoms with Crippen LogP contribution in [0, 0.1) is 13.8 Å². The summed E-state index contributed by atoms with van der Waals surface area (Å²) in [6.07, 6.45) is -2.29. The maximum atomic E-state index is 12.9. The Morgan fingerprint density at radius 1 is 0.523 bits per heavy atom. The highest BCUT2D eigenvalue weighted by atomic mass is 32.1. The highest BCUT2D eigenvalue weighted by Crippen LogP contribution is 2.36. The lowest BCUT2D eigenvalue weighted by Gasteiger charge is -2.11. The van der Waals surface area contributed by atoms with Crippen LogP contribution >= 0.6 is 22.7 Å². The first-order valence-electron chi connectivity index (χ1n) is 14.1. The van der Waals surface area contributed by atoms with Gasteiger partial charge in [0.1, 0.15) is 19.8 Å². The smallest absolute Gasteiger partial charge is 0.348 e. The monoisotopic (exact) mass is 652 g/mol. The van der Waals surface area contributed by atoms with E-state index in [0.29, 0.717) is 11.1 Å². The highest BCUT2D eigenvalue weighted by molar-refractivity contribution is 7.19. The van der Waals surface area contributed by atoms with E-state index in [-0.39, 0.29) is 43.7 Å². The summed E-state index contributed by atoms with van der Waals surface area (Å²) in [4.78, 5) is 77.0. The Hall–Kier alpha value is -3.78. The van der Waals surface area contributed by atoms with E-state index >= 15 is 0 Å². The van der Waals surface area contributed by atoms with Crippen LogP contribution in [0.4, 0.5) is 10.0 Å². The van der Waals surface area contributed by atoms with E-state index in [2.05, 4.69) is 10.6 Å². The minimum absolute atomic E-state index is 0.0281. The van der Waals surface area contributed by atoms with Crippen LogP contribution in [-0.4, -0.2) is 60.1 Å². The summed E-state index contributed by atoms with van der Waals surface area (Å²) in [5.41, 5.74) is 0.667. The first kappa shape index (κ1) is 36.4. The molecular weight excluding hydrogens is 612 g/mol. The van der Waals surface area contributed by atoms with Gasteiger partial charge in [-0.25, -0.2) is 19.2 Å². The molecule has 0 saturated carbocycles. The number of hydrogen-bond acceptors (Lipinski definition) is 12. The van der Waals surface area contributed by atoms with Crippen molar-refractivity contribution >= 4 is 68.4 Å². The zero-order chi connectivity index (χ0) is 33.5. The molecule has 0 saturated heterocycles. The lowest BCUT2D eigenvalue weighted by atomic mass is 10.1. The van der Waals surface area contributed by atoms with Gasteiger partial charge in [-0.05, 0) is 80.4 Å². The molecule has 0 fully saturated rings. The lowest BCUT2D eigenvalue weighted by molar-refractivity contribution is -0.121. The van der Waals surface area contributed by atoms with Gasteiger partial charge in [0.05, 0.1) is 35.5 Å². The summed E-state index contributed by atoms with van der Waals surface area (Å²) >= 11 is 1.75. The van der Waals surface area contributed by atoms with Crippen molar-refractivity contribution < 1.29 is 47.7 Å². The molecular formula is C30H40N2O10S2. The molecule has 2 aromatic rings. The summed E-state index contributed by atoms with van der Waals surface area (Å²) in [6, 6.07) is 0. The zero-order valence-corrected chi connectivity index (χ0v) is 28.3. The number of nitrogens with one attached hydrogen (secondary N) is 2. The maximum absolute atomic E-state index is 12.9. The molecule has 0 aliphatic rings. The highest BCUT2D eigenvalue weighted by Gasteiger charge is 2.30. The number of esters is 4. The number of hydrogen-bond donors (Lipinski definition) is 2. The van der Waals surface area contributed by atoms with Gasteiger partial charge in [0.2, 0.25) is 11.8 Å². The van der Waals surface area contributed by atoms with Gasteiger partial charge in [0, 0.05) is 12.8 Å². The first-order chi connectivity index (χ1) is 20.4. The third-order valence-corrected chi connectivity index (χ3v) is 7.90. The number of amides is 2. The fraction of sp³-hybridized carbons (Fsp3) is 0.533. The number of rotatable bonds is 13. The van der Waals surface area contributed by atoms with Crippen LogP contribution in [0.1, 0.15) is 119 Å². The fourth-order valence-corrected chi connectivity index (χ4v) is 5.96. The molecule has 242 valence electrons. The number of ether oxygens (including phenoxy) is 4. The normalized spacial score (nSPS) is 11.1. The van der Waals surface area contributed by atoms with Crippen molar-refractivity contribution in [3.63, 3.8) is 0 Å². The molecule has 0 unspecified atom stereocenters. The first-order valence-corrected chi connectivity index (χ1v) is 15.8. The van der Waals surface area contributed by atoms with Crippen molar-refractivity contribution in [2.45, 2.75) is 106 Å². The van der Waals surface area contributed by atoms with Gasteiger partial charge in [0.25, 0.3) is 0 Å². The van der Waals surface area contributed by atoms with E-state index in [4.69, 9.17) is 18.9 Å². The predicted octanol–water partition coefficient (Wildman–Crippen LogP) is 6.04. The predicted molar refractivity (Wildman–Crippen MR) is 167 cm³/mol. The van der Waals surface area contributed by atoms with Crippen LogP contribution in [0.2, 0.25) is 0 Å². The van der Waals surface area contributed by atoms with Crippen molar-refractivity contribution in [1.29, 1.82) is 0 Å². The van der Waals surface area contributed by atoms with E-state index in [0.717, 1.165) is 22.7 Å². The van der Waals surface area contributed by atoms with Crippen LogP contribution in [0.3, 0.4) is 0 Å². The second-order valence-electron chi connectivity index (χ2n) is 10.9. The minimum Gasteiger partial charge on any atom is -0.459 e. The van der Waals surface area contributed by atoms with Crippen molar-refractivity contribution in [2.24, 2.45) is 0 Å². The van der Waals surface area contributed by atoms with Gasteiger partial charge in [-0.2, -0.15) is 0 Å². The second-order valence-corrected chi connectivity index (χ2v) is 13.0. The molecule has 44 heavy (non-hydrogen) atoms. The van der Waals surface area contributed by atoms with Gasteiger partial charge in [0.15, 0.2) is 0 Å². The molecule has 2 rings (SSSR count). The lowest BCUT2D eigenvalue weighted by Crippen LogP contribution is -2.20. The Morgan fingerprint density at radius 2 is 0.795 bits per heavy atom. The third-order valence-electron chi connectivity index (χ3n) is 5.53. The third kappa shape index (κ3) is 9.88. The molecule has 0 atom stereocenters. The molecule has 0 bridgehead atoms. The standard InChI is InChI=1S/C30H40N2O10S2/c1-13(2)39-27(35)21-17(9)23(29(37)41-15(5)6)43-25(21)31-19(33)11-12-20(34)32-26-22(28(36)40-14(3)4)18(10)24(44-26)30(38)42-16(7)8/h13-16H,11-12H2,1-10H3,(H,31,33)(H,32,34). The van der Waals surface area contributed by atoms with E-state index < -0.39 is 60.1 Å². The van der Waals surface area contributed by atoms with E-state index in [1.807, 2.05) is 0 Å². The molecule has 2 amide bonds. The number of carbonyl (C=O) groups is 6. The Bertz CT molecular complexity index is 1310. The van der Waals surface area contributed by atoms with Crippen molar-refractivity contribution in [3.8, 4) is 0 Å². The maximum Gasteiger partial charge on any atom is 0.348 e. The van der Waals surface area contributed by atoms with Gasteiger partial charge in [-0.3, -0.25) is 9.59 Å². The van der Waals surface area contributed by atoms with E-state index in [1.54, 1.807) is 69.2 Å². The molecule has 0 aliphatic carbocycles. The molecule has 0 spiro atoms. The fourth-order valence-electron chi connectivity index (χ4n) is 3.77. The SMILES string of the molecule is Cc1c(C(=O)OC(C)C)sc(NC(=O)CCC(=O)Nc2sc(C(=O)OC(C)C)c(C)c2C(=O)OC(C)C)c1C(=O)OC(C)C. The molecule has 0 aliphatic heterocycles. The molecule has 12 nitrogen and oxygen atoms in total. The Balaban J connectivity index is 2.25. The molecule has 14 heteroatoms. The summed E-state index contributed by atoms with van der Waals surface area (Å²) < 4.78 is 21.2. The van der Waals surface area contributed by atoms with Crippen molar-refractivity contribution in [3.05, 3.63) is 32.0 Å². The van der Waals surface area contributed by atoms with Crippen LogP contribution in [0.15, 0.2) is 0 Å². The van der Waals surface area contributed by atoms with E-state index in [1.165, 1.54) is 0 Å². The minimum atomic E-state index is -0.717. The Kier molecular flexibility index (Phi) is 13.1. The summed E-state index contributed by atoms with van der Waals surface area (Å²) in [5, 5.41) is 5.40. The van der Waals surface area contributed by atoms with Gasteiger partial charge >= 0.3 is 23.9 Å². The van der Waals surface area contributed by atoms with Gasteiger partial charge in [-0.1, -0.05) is 0 Å². The van der Waals surface area contributed by atoms with Crippen LogP contribution in [0.5, 0.6) is 0 Å². The van der Waals surface area contributed by atoms with Crippen molar-refractivity contribution in [2.75, 3.05) is 10.6 Å². The largest absolute Gasteiger partial charge is 0.459 e. The Labute approximate surface area is 264 Å². The van der Waals surface area contributed by atoms with Crippen molar-refractivity contribution in [1.82, 2.24) is 0 Å². The number of anilines is 2. The number of thiophene rings is 2. The molecule has 2 N–H and O–H groups in total. The quantitative estimate of drug-likeness (QED) is 0.192. The van der Waals surface area contributed by atoms with E-state index in [9.17, 15) is 28.8 Å². The topological polar surface area (TPSA) is 163 Å². The molecule has 2 aromatic heterocycles. The summed E-state index contributed by atoms with van der Waals surface area (Å²) in [7, 11) is 0. The van der Waals surface area contributed by atoms with Gasteiger partial charge in [-0.15, -0.1) is 22.7 Å². The molecule has 2 heterocycles. The van der Waals surface area contributed by atoms with Crippen LogP contribution in [0.25, 0.3) is 0 Å². The summed E-state index contributed by atoms with van der Waals surface area (Å²) in [6.45, 7) is 16.6. The molecule has 0 radical (unpaired) electrons. The summed E-state index contributed by atoms with van der Waals surface area (Å²) in [5.74, 6) is -3.93. The number of carbonyl (C=O) groups excluding carboxylic acids is 6. The average molecular weight is 653 g/mol. The Morgan fingerprint density at radius 3 is 1.07 bits per heavy atom. The average Bonchev–Trinajstić information content (AvgIpc) is 3.37. The van der Waals surface area contributed by atoms with Crippen LogP contribution < -0.4 is 10.6 Å². The van der Waals surface area contributed by atoms with Gasteiger partial charge < -0.3 is 29.6 Å². The zero-order valence-electron chi connectivity index (χ0n) is 26.6. The molecule has 0 aromatic carbocycles. The van der Waals surface area contributed by atoms with Crippen LogP contribution in [-0.2, 0) is 28.5 Å².